The number of amides is 4. The predicted octanol–water partition coefficient (Wildman–Crippen LogP) is 7.23. The van der Waals surface area contributed by atoms with Gasteiger partial charge in [0.25, 0.3) is 5.56 Å². The summed E-state index contributed by atoms with van der Waals surface area (Å²) in [5, 5.41) is 9.17. The molecule has 3 aromatic heterocycles. The summed E-state index contributed by atoms with van der Waals surface area (Å²) in [7, 11) is 1.47. The van der Waals surface area contributed by atoms with Crippen molar-refractivity contribution in [2.75, 3.05) is 20.2 Å². The third kappa shape index (κ3) is 9.95. The van der Waals surface area contributed by atoms with Crippen LogP contribution >= 0.6 is 23.2 Å². The molecule has 2 aliphatic heterocycles. The first-order valence-corrected chi connectivity index (χ1v) is 21.0. The first-order valence-electron chi connectivity index (χ1n) is 20.2. The van der Waals surface area contributed by atoms with Crippen LogP contribution in [-0.2, 0) is 32.2 Å². The molecule has 0 spiro atoms. The quantitative estimate of drug-likeness (QED) is 0.116. The highest BCUT2D eigenvalue weighted by atomic mass is 35.5. The highest BCUT2D eigenvalue weighted by Gasteiger charge is 2.30. The van der Waals surface area contributed by atoms with Crippen molar-refractivity contribution < 1.29 is 33.4 Å². The zero-order valence-electron chi connectivity index (χ0n) is 35.0. The topological polar surface area (TPSA) is 183 Å². The van der Waals surface area contributed by atoms with Crippen LogP contribution < -0.4 is 26.2 Å². The fourth-order valence-corrected chi connectivity index (χ4v) is 8.08. The van der Waals surface area contributed by atoms with Gasteiger partial charge in [-0.3, -0.25) is 18.8 Å². The first kappa shape index (κ1) is 43.9. The van der Waals surface area contributed by atoms with Gasteiger partial charge in [0.05, 0.1) is 40.7 Å². The van der Waals surface area contributed by atoms with E-state index in [1.807, 2.05) is 36.4 Å². The van der Waals surface area contributed by atoms with Gasteiger partial charge in [-0.1, -0.05) is 59.6 Å². The molecule has 2 aromatic carbocycles. The second-order valence-electron chi connectivity index (χ2n) is 16.3. The zero-order valence-corrected chi connectivity index (χ0v) is 36.5. The van der Waals surface area contributed by atoms with Crippen LogP contribution in [0.1, 0.15) is 63.3 Å². The third-order valence-electron chi connectivity index (χ3n) is 10.6. The Labute approximate surface area is 368 Å². The minimum Gasteiger partial charge on any atom is -0.481 e. The van der Waals surface area contributed by atoms with Gasteiger partial charge in [0.15, 0.2) is 0 Å². The van der Waals surface area contributed by atoms with Gasteiger partial charge in [0.1, 0.15) is 17.9 Å². The van der Waals surface area contributed by atoms with E-state index in [0.717, 1.165) is 0 Å². The SMILES string of the molecule is COc1nc(-c2cccc(-c3cccc(-c4ccn5c(=O)c(C)c(CN(C[C@H]6CCC(=O)N6)C(=O)OC(C)(C)C)nc5c4)c3Cl)c2Cl)ccc1COC(=O)NC[C@@H]1CCC(=O)N1. The van der Waals surface area contributed by atoms with Crippen LogP contribution in [-0.4, -0.2) is 81.2 Å². The molecule has 4 amide bonds. The van der Waals surface area contributed by atoms with E-state index in [4.69, 9.17) is 42.4 Å². The average Bonchev–Trinajstić information content (AvgIpc) is 3.86. The molecule has 0 aliphatic carbocycles. The molecule has 3 N–H and O–H groups in total. The van der Waals surface area contributed by atoms with Crippen molar-refractivity contribution in [3.63, 3.8) is 0 Å². The Hall–Kier alpha value is -6.19. The van der Waals surface area contributed by atoms with Gasteiger partial charge >= 0.3 is 12.2 Å². The fourth-order valence-electron chi connectivity index (χ4n) is 7.42. The molecule has 5 aromatic rings. The molecule has 0 saturated carbocycles. The predicted molar refractivity (Wildman–Crippen MR) is 234 cm³/mol. The Morgan fingerprint density at radius 2 is 1.53 bits per heavy atom. The van der Waals surface area contributed by atoms with Gasteiger partial charge in [-0.15, -0.1) is 0 Å². The Morgan fingerprint density at radius 3 is 2.18 bits per heavy atom. The van der Waals surface area contributed by atoms with E-state index in [1.165, 1.54) is 16.4 Å². The molecule has 7 rings (SSSR count). The lowest BCUT2D eigenvalue weighted by molar-refractivity contribution is -0.120. The van der Waals surface area contributed by atoms with Gasteiger partial charge in [0.2, 0.25) is 17.7 Å². The molecule has 2 saturated heterocycles. The maximum Gasteiger partial charge on any atom is 0.410 e. The monoisotopic (exact) mass is 883 g/mol. The average molecular weight is 885 g/mol. The number of methoxy groups -OCH3 is 1. The number of hydrogen-bond donors (Lipinski definition) is 3. The van der Waals surface area contributed by atoms with Crippen LogP contribution in [0.4, 0.5) is 9.59 Å². The number of benzene rings is 2. The number of hydrogen-bond acceptors (Lipinski definition) is 10. The molecule has 0 radical (unpaired) electrons. The molecular weight excluding hydrogens is 837 g/mol. The van der Waals surface area contributed by atoms with Crippen LogP contribution in [0.25, 0.3) is 39.2 Å². The van der Waals surface area contributed by atoms with Crippen molar-refractivity contribution in [2.45, 2.75) is 84.2 Å². The standard InChI is InChI=1S/C45H47Cl2N7O8/c1-25-35(23-53(44(59)62-45(2,3)4)22-29-14-17-38(56)50-29)51-36-20-26(18-19-54(36)42(25)57)30-8-6-9-31(39(30)46)32-10-7-11-33(40(32)47)34-15-12-27(41(52-34)60-5)24-61-43(58)48-21-28-13-16-37(55)49-28/h6-12,15,18-20,28-29H,13-14,16-17,21-24H2,1-5H3,(H,48,58)(H,49,55)(H,50,56)/t28-,29+/m0/s1. The highest BCUT2D eigenvalue weighted by molar-refractivity contribution is 6.39. The minimum atomic E-state index is -0.764. The number of rotatable bonds is 12. The number of alkyl carbamates (subject to hydrolysis) is 1. The summed E-state index contributed by atoms with van der Waals surface area (Å²) in [6.07, 6.45) is 2.47. The van der Waals surface area contributed by atoms with Crippen molar-refractivity contribution in [1.82, 2.24) is 35.2 Å². The van der Waals surface area contributed by atoms with E-state index in [-0.39, 0.29) is 61.6 Å². The van der Waals surface area contributed by atoms with E-state index < -0.39 is 17.8 Å². The van der Waals surface area contributed by atoms with E-state index in [0.29, 0.717) is 91.7 Å². The van der Waals surface area contributed by atoms with Crippen LogP contribution in [0.5, 0.6) is 5.88 Å². The van der Waals surface area contributed by atoms with Crippen molar-refractivity contribution in [3.8, 4) is 39.4 Å². The molecule has 15 nitrogen and oxygen atoms in total. The van der Waals surface area contributed by atoms with Gasteiger partial charge in [-0.05, 0) is 70.4 Å². The highest BCUT2D eigenvalue weighted by Crippen LogP contribution is 2.42. The summed E-state index contributed by atoms with van der Waals surface area (Å²) in [5.41, 5.74) is 4.38. The third-order valence-corrected chi connectivity index (χ3v) is 11.4. The van der Waals surface area contributed by atoms with E-state index >= 15 is 0 Å². The summed E-state index contributed by atoms with van der Waals surface area (Å²) >= 11 is 14.3. The number of nitrogens with one attached hydrogen (secondary N) is 3. The van der Waals surface area contributed by atoms with Crippen molar-refractivity contribution in [2.24, 2.45) is 0 Å². The number of halogens is 2. The lowest BCUT2D eigenvalue weighted by atomic mass is 9.97. The summed E-state index contributed by atoms with van der Waals surface area (Å²) < 4.78 is 18.1. The molecule has 2 fully saturated rings. The Bertz CT molecular complexity index is 2630. The number of aromatic nitrogens is 3. The van der Waals surface area contributed by atoms with Crippen molar-refractivity contribution >= 4 is 52.8 Å². The maximum absolute atomic E-state index is 13.7. The number of ether oxygens (including phenoxy) is 3. The summed E-state index contributed by atoms with van der Waals surface area (Å²) in [4.78, 5) is 73.9. The molecule has 2 aliphatic rings. The lowest BCUT2D eigenvalue weighted by Crippen LogP contribution is -2.44. The normalized spacial score (nSPS) is 16.2. The lowest BCUT2D eigenvalue weighted by Gasteiger charge is -2.29. The summed E-state index contributed by atoms with van der Waals surface area (Å²) in [6.45, 7) is 7.36. The number of pyridine rings is 2. The molecule has 0 bridgehead atoms. The van der Waals surface area contributed by atoms with Crippen LogP contribution in [0, 0.1) is 6.92 Å². The Kier molecular flexibility index (Phi) is 13.0. The largest absolute Gasteiger partial charge is 0.481 e. The zero-order chi connectivity index (χ0) is 44.3. The van der Waals surface area contributed by atoms with Gasteiger partial charge in [-0.2, -0.15) is 0 Å². The van der Waals surface area contributed by atoms with Crippen LogP contribution in [0.2, 0.25) is 10.0 Å². The summed E-state index contributed by atoms with van der Waals surface area (Å²) in [6, 6.07) is 17.8. The second-order valence-corrected chi connectivity index (χ2v) is 17.0. The minimum absolute atomic E-state index is 0.00810. The van der Waals surface area contributed by atoms with Gasteiger partial charge in [0, 0.05) is 72.0 Å². The molecule has 324 valence electrons. The number of carbonyl (C=O) groups is 4. The smallest absolute Gasteiger partial charge is 0.410 e. The Morgan fingerprint density at radius 1 is 0.887 bits per heavy atom. The van der Waals surface area contributed by atoms with E-state index in [2.05, 4.69) is 20.9 Å². The fraction of sp³-hybridized carbons (Fsp3) is 0.356. The summed E-state index contributed by atoms with van der Waals surface area (Å²) in [5.74, 6) is 0.138. The maximum atomic E-state index is 13.7. The molecular formula is C45H47Cl2N7O8. The number of fused-ring (bicyclic) bond motifs is 1. The van der Waals surface area contributed by atoms with Crippen molar-refractivity contribution in [3.05, 3.63) is 104 Å². The second kappa shape index (κ2) is 18.4. The van der Waals surface area contributed by atoms with Gasteiger partial charge in [-0.25, -0.2) is 19.6 Å². The molecule has 0 unspecified atom stereocenters. The Balaban J connectivity index is 1.13. The van der Waals surface area contributed by atoms with Crippen LogP contribution in [0.15, 0.2) is 71.7 Å². The number of carbonyl (C=O) groups excluding carboxylic acids is 4. The molecule has 62 heavy (non-hydrogen) atoms. The van der Waals surface area contributed by atoms with Crippen molar-refractivity contribution in [1.29, 1.82) is 0 Å². The van der Waals surface area contributed by atoms with E-state index in [9.17, 15) is 24.0 Å². The van der Waals surface area contributed by atoms with Crippen LogP contribution in [0.3, 0.4) is 0 Å². The first-order chi connectivity index (χ1) is 29.6. The number of nitrogens with zero attached hydrogens (tertiary/aromatic N) is 4. The molecule has 5 heterocycles. The molecule has 2 atom stereocenters. The van der Waals surface area contributed by atoms with Gasteiger partial charge < -0.3 is 35.1 Å². The molecule has 17 heteroatoms. The van der Waals surface area contributed by atoms with E-state index in [1.54, 1.807) is 58.2 Å².